The van der Waals surface area contributed by atoms with E-state index in [1.165, 1.54) is 0 Å². The first-order chi connectivity index (χ1) is 18.5. The van der Waals surface area contributed by atoms with Gasteiger partial charge in [-0.3, -0.25) is 4.40 Å². The molecule has 0 radical (unpaired) electrons. The van der Waals surface area contributed by atoms with Crippen LogP contribution in [0.15, 0.2) is 94.9 Å². The summed E-state index contributed by atoms with van der Waals surface area (Å²) < 4.78 is 12.6. The van der Waals surface area contributed by atoms with Crippen molar-refractivity contribution in [2.24, 2.45) is 0 Å². The van der Waals surface area contributed by atoms with Crippen molar-refractivity contribution in [3.05, 3.63) is 96.3 Å². The Kier molecular flexibility index (Phi) is 6.66. The van der Waals surface area contributed by atoms with Crippen LogP contribution < -0.4 is 0 Å². The first-order valence-electron chi connectivity index (χ1n) is 12.8. The summed E-state index contributed by atoms with van der Waals surface area (Å²) in [6.07, 6.45) is 2.95. The van der Waals surface area contributed by atoms with E-state index in [2.05, 4.69) is 47.4 Å². The summed E-state index contributed by atoms with van der Waals surface area (Å²) in [5.74, 6) is -0.431. The molecule has 0 atom stereocenters. The molecule has 192 valence electrons. The maximum Gasteiger partial charge on any atom is 0.358 e. The first-order valence-corrected chi connectivity index (χ1v) is 13.6. The summed E-state index contributed by atoms with van der Waals surface area (Å²) in [5, 5.41) is 12.2. The number of aromatic nitrogens is 2. The minimum Gasteiger partial charge on any atom is -0.461 e. The third kappa shape index (κ3) is 4.69. The van der Waals surface area contributed by atoms with Gasteiger partial charge in [0.15, 0.2) is 5.69 Å². The second-order valence-electron chi connectivity index (χ2n) is 9.45. The number of aliphatic hydroxyl groups is 1. The molecule has 0 amide bonds. The Bertz CT molecular complexity index is 1620. The van der Waals surface area contributed by atoms with E-state index in [4.69, 9.17) is 9.47 Å². The van der Waals surface area contributed by atoms with Crippen LogP contribution in [-0.2, 0) is 15.1 Å². The molecule has 38 heavy (non-hydrogen) atoms. The van der Waals surface area contributed by atoms with E-state index in [0.717, 1.165) is 37.4 Å². The molecule has 2 aromatic heterocycles. The van der Waals surface area contributed by atoms with Crippen LogP contribution >= 0.6 is 11.8 Å². The zero-order valence-corrected chi connectivity index (χ0v) is 21.9. The lowest BCUT2D eigenvalue weighted by Crippen LogP contribution is -2.33. The monoisotopic (exact) mass is 524 g/mol. The number of fused-ring (bicyclic) bond motifs is 3. The third-order valence-electron chi connectivity index (χ3n) is 7.02. The molecule has 5 aromatic rings. The summed E-state index contributed by atoms with van der Waals surface area (Å²) in [7, 11) is 0. The van der Waals surface area contributed by atoms with Crippen molar-refractivity contribution in [1.29, 1.82) is 0 Å². The van der Waals surface area contributed by atoms with E-state index >= 15 is 0 Å². The molecule has 1 aliphatic rings. The maximum atomic E-state index is 12.5. The minimum absolute atomic E-state index is 0.286. The van der Waals surface area contributed by atoms with Gasteiger partial charge in [-0.25, -0.2) is 9.78 Å². The fraction of sp³-hybridized carbons (Fsp3) is 0.226. The zero-order chi connectivity index (χ0) is 26.1. The number of carbonyl (C=O) groups is 1. The van der Waals surface area contributed by atoms with Crippen molar-refractivity contribution in [3.63, 3.8) is 0 Å². The van der Waals surface area contributed by atoms with Crippen LogP contribution in [0.4, 0.5) is 0 Å². The highest BCUT2D eigenvalue weighted by molar-refractivity contribution is 7.99. The molecule has 0 saturated carbocycles. The topological polar surface area (TPSA) is 73.1 Å². The summed E-state index contributed by atoms with van der Waals surface area (Å²) in [5.41, 5.74) is 4.13. The highest BCUT2D eigenvalue weighted by atomic mass is 32.2. The number of ether oxygens (including phenoxy) is 2. The van der Waals surface area contributed by atoms with Crippen molar-refractivity contribution >= 4 is 34.3 Å². The summed E-state index contributed by atoms with van der Waals surface area (Å²) in [4.78, 5) is 19.2. The van der Waals surface area contributed by atoms with Crippen LogP contribution in [0, 0.1) is 0 Å². The van der Waals surface area contributed by atoms with Crippen LogP contribution in [-0.4, -0.2) is 40.3 Å². The number of hydrogen-bond acceptors (Lipinski definition) is 6. The second-order valence-corrected chi connectivity index (χ2v) is 10.6. The predicted octanol–water partition coefficient (Wildman–Crippen LogP) is 6.48. The molecule has 3 heterocycles. The van der Waals surface area contributed by atoms with E-state index < -0.39 is 11.6 Å². The van der Waals surface area contributed by atoms with Crippen molar-refractivity contribution in [3.8, 4) is 11.1 Å². The molecular weight excluding hydrogens is 496 g/mol. The average molecular weight is 525 g/mol. The molecule has 7 heteroatoms. The van der Waals surface area contributed by atoms with Crippen molar-refractivity contribution in [2.45, 2.75) is 35.2 Å². The number of esters is 1. The van der Waals surface area contributed by atoms with Crippen LogP contribution in [0.1, 0.15) is 35.8 Å². The van der Waals surface area contributed by atoms with Crippen molar-refractivity contribution in [1.82, 2.24) is 9.38 Å². The Labute approximate surface area is 225 Å². The van der Waals surface area contributed by atoms with Gasteiger partial charge in [-0.05, 0) is 53.9 Å². The van der Waals surface area contributed by atoms with Crippen molar-refractivity contribution in [2.75, 3.05) is 19.8 Å². The third-order valence-corrected chi connectivity index (χ3v) is 8.00. The molecule has 6 rings (SSSR count). The molecule has 3 aromatic carbocycles. The number of benzene rings is 3. The largest absolute Gasteiger partial charge is 0.461 e. The molecule has 0 unspecified atom stereocenters. The van der Waals surface area contributed by atoms with E-state index in [1.807, 2.05) is 40.8 Å². The molecule has 6 nitrogen and oxygen atoms in total. The summed E-state index contributed by atoms with van der Waals surface area (Å²) >= 11 is 1.64. The van der Waals surface area contributed by atoms with Gasteiger partial charge in [0.25, 0.3) is 0 Å². The highest BCUT2D eigenvalue weighted by Crippen LogP contribution is 2.38. The van der Waals surface area contributed by atoms with E-state index in [9.17, 15) is 9.90 Å². The van der Waals surface area contributed by atoms with Gasteiger partial charge < -0.3 is 14.6 Å². The van der Waals surface area contributed by atoms with Crippen LogP contribution in [0.3, 0.4) is 0 Å². The lowest BCUT2D eigenvalue weighted by molar-refractivity contribution is -0.0680. The first kappa shape index (κ1) is 24.7. The van der Waals surface area contributed by atoms with Gasteiger partial charge in [-0.1, -0.05) is 60.3 Å². The molecule has 0 aliphatic carbocycles. The Balaban J connectivity index is 1.44. The molecule has 0 bridgehead atoms. The van der Waals surface area contributed by atoms with Gasteiger partial charge in [-0.15, -0.1) is 0 Å². The van der Waals surface area contributed by atoms with Crippen LogP contribution in [0.2, 0.25) is 0 Å². The molecule has 1 fully saturated rings. The Morgan fingerprint density at radius 2 is 1.82 bits per heavy atom. The number of carbonyl (C=O) groups excluding carboxylic acids is 1. The number of hydrogen-bond donors (Lipinski definition) is 1. The number of pyridine rings is 1. The number of rotatable bonds is 6. The highest BCUT2D eigenvalue weighted by Gasteiger charge is 2.31. The fourth-order valence-electron chi connectivity index (χ4n) is 5.04. The van der Waals surface area contributed by atoms with Gasteiger partial charge >= 0.3 is 5.97 Å². The molecule has 1 saturated heterocycles. The smallest absolute Gasteiger partial charge is 0.358 e. The Morgan fingerprint density at radius 1 is 1.03 bits per heavy atom. The van der Waals surface area contributed by atoms with Gasteiger partial charge in [0, 0.05) is 47.4 Å². The zero-order valence-electron chi connectivity index (χ0n) is 21.1. The molecule has 0 spiro atoms. The summed E-state index contributed by atoms with van der Waals surface area (Å²) in [6, 6.07) is 26.7. The van der Waals surface area contributed by atoms with Gasteiger partial charge in [0.05, 0.1) is 17.7 Å². The minimum atomic E-state index is -0.852. The van der Waals surface area contributed by atoms with E-state index in [1.54, 1.807) is 24.9 Å². The van der Waals surface area contributed by atoms with Gasteiger partial charge in [-0.2, -0.15) is 0 Å². The lowest BCUT2D eigenvalue weighted by Gasteiger charge is -2.32. The van der Waals surface area contributed by atoms with E-state index in [-0.39, 0.29) is 5.69 Å². The van der Waals surface area contributed by atoms with Gasteiger partial charge in [0.2, 0.25) is 0 Å². The van der Waals surface area contributed by atoms with Crippen LogP contribution in [0.5, 0.6) is 0 Å². The average Bonchev–Trinajstić information content (AvgIpc) is 3.39. The van der Waals surface area contributed by atoms with Crippen molar-refractivity contribution < 1.29 is 19.4 Å². The van der Waals surface area contributed by atoms with Crippen LogP contribution in [0.25, 0.3) is 27.7 Å². The Morgan fingerprint density at radius 3 is 2.61 bits per heavy atom. The molecular formula is C31H28N2O4S. The molecule has 1 aliphatic heterocycles. The second kappa shape index (κ2) is 10.3. The standard InChI is InChI=1S/C31H28N2O4S/c1-2-37-30(34)27-20-33-28-18-24(38-23-10-6-9-22(17-23)31(35)13-15-36-16-14-31)11-12-25(28)26(19-29(33)32-27)21-7-4-3-5-8-21/h3-12,17-20,35H,2,13-16H2,1H3. The number of nitrogens with zero attached hydrogens (tertiary/aromatic N) is 2. The molecule has 1 N–H and O–H groups in total. The lowest BCUT2D eigenvalue weighted by atomic mass is 9.87. The number of imidazole rings is 1. The normalized spacial score (nSPS) is 15.1. The SMILES string of the molecule is CCOC(=O)c1cn2c(cc(-c3ccccc3)c3ccc(Sc4cccc(C5(O)CCOCC5)c4)cc32)n1. The predicted molar refractivity (Wildman–Crippen MR) is 149 cm³/mol. The van der Waals surface area contributed by atoms with E-state index in [0.29, 0.717) is 38.3 Å². The van der Waals surface area contributed by atoms with Gasteiger partial charge in [0.1, 0.15) is 5.65 Å². The quantitative estimate of drug-likeness (QED) is 0.256. The fourth-order valence-corrected chi connectivity index (χ4v) is 5.95. The Hall–Kier alpha value is -3.65. The maximum absolute atomic E-state index is 12.5. The summed E-state index contributed by atoms with van der Waals surface area (Å²) in [6.45, 7) is 3.22.